The number of pyridine rings is 1. The first-order chi connectivity index (χ1) is 9.83. The van der Waals surface area contributed by atoms with Gasteiger partial charge in [0.05, 0.1) is 11.8 Å². The van der Waals surface area contributed by atoms with Crippen LogP contribution in [0.4, 0.5) is 0 Å². The van der Waals surface area contributed by atoms with Gasteiger partial charge in [-0.25, -0.2) is 0 Å². The maximum Gasteiger partial charge on any atom is 0.103 e. The van der Waals surface area contributed by atoms with Gasteiger partial charge in [0.25, 0.3) is 0 Å². The van der Waals surface area contributed by atoms with Crippen LogP contribution >= 0.6 is 0 Å². The van der Waals surface area contributed by atoms with Crippen LogP contribution in [0.25, 0.3) is 10.9 Å². The van der Waals surface area contributed by atoms with Crippen LogP contribution in [-0.2, 0) is 12.8 Å². The number of fused-ring (bicyclic) bond motifs is 1. The van der Waals surface area contributed by atoms with Gasteiger partial charge in [0.1, 0.15) is 5.76 Å². The number of aryl methyl sites for hydroxylation is 1. The van der Waals surface area contributed by atoms with E-state index in [0.29, 0.717) is 0 Å². The number of nitrogens with two attached hydrogens (primary N) is 1. The molecule has 0 aliphatic rings. The molecule has 3 aromatic rings. The highest BCUT2D eigenvalue weighted by Gasteiger charge is 2.08. The highest BCUT2D eigenvalue weighted by Crippen LogP contribution is 2.18. The molecule has 0 bridgehead atoms. The Balaban J connectivity index is 1.69. The summed E-state index contributed by atoms with van der Waals surface area (Å²) in [6.07, 6.45) is 6.24. The van der Waals surface area contributed by atoms with Crippen LogP contribution in [0.3, 0.4) is 0 Å². The third-order valence-electron chi connectivity index (χ3n) is 3.56. The van der Waals surface area contributed by atoms with E-state index in [0.717, 1.165) is 30.5 Å². The monoisotopic (exact) mass is 266 g/mol. The van der Waals surface area contributed by atoms with E-state index in [1.165, 1.54) is 10.9 Å². The van der Waals surface area contributed by atoms with Crippen molar-refractivity contribution in [3.8, 4) is 0 Å². The van der Waals surface area contributed by atoms with Gasteiger partial charge in [-0.05, 0) is 42.7 Å². The van der Waals surface area contributed by atoms with Crippen molar-refractivity contribution in [2.24, 2.45) is 5.73 Å². The van der Waals surface area contributed by atoms with Gasteiger partial charge in [-0.3, -0.25) is 4.98 Å². The van der Waals surface area contributed by atoms with E-state index < -0.39 is 0 Å². The SMILES string of the molecule is NC(CCc1ccco1)Cc1ccnc2ccccc12. The molecule has 3 heteroatoms. The maximum atomic E-state index is 6.25. The molecule has 3 nitrogen and oxygen atoms in total. The minimum atomic E-state index is 0.130. The third-order valence-corrected chi connectivity index (χ3v) is 3.56. The summed E-state index contributed by atoms with van der Waals surface area (Å²) in [5, 5.41) is 1.20. The normalized spacial score (nSPS) is 12.7. The van der Waals surface area contributed by atoms with Crippen LogP contribution in [0, 0.1) is 0 Å². The second-order valence-corrected chi connectivity index (χ2v) is 5.07. The molecule has 1 atom stereocenters. The van der Waals surface area contributed by atoms with E-state index in [1.54, 1.807) is 6.26 Å². The number of nitrogens with zero attached hydrogens (tertiary/aromatic N) is 1. The number of hydrogen-bond acceptors (Lipinski definition) is 3. The molecule has 3 rings (SSSR count). The molecular weight excluding hydrogens is 248 g/mol. The molecule has 0 spiro atoms. The van der Waals surface area contributed by atoms with Crippen LogP contribution in [0.1, 0.15) is 17.7 Å². The molecule has 0 radical (unpaired) electrons. The van der Waals surface area contributed by atoms with Gasteiger partial charge >= 0.3 is 0 Å². The quantitative estimate of drug-likeness (QED) is 0.770. The lowest BCUT2D eigenvalue weighted by molar-refractivity contribution is 0.484. The van der Waals surface area contributed by atoms with Crippen LogP contribution in [0.15, 0.2) is 59.3 Å². The Morgan fingerprint density at radius 1 is 1.10 bits per heavy atom. The minimum absolute atomic E-state index is 0.130. The first-order valence-corrected chi connectivity index (χ1v) is 6.93. The average Bonchev–Trinajstić information content (AvgIpc) is 2.99. The lowest BCUT2D eigenvalue weighted by Crippen LogP contribution is -2.23. The van der Waals surface area contributed by atoms with Gasteiger partial charge in [-0.15, -0.1) is 0 Å². The van der Waals surface area contributed by atoms with Crippen LogP contribution in [0.2, 0.25) is 0 Å². The van der Waals surface area contributed by atoms with Crippen molar-refractivity contribution in [1.82, 2.24) is 4.98 Å². The molecule has 0 saturated heterocycles. The first-order valence-electron chi connectivity index (χ1n) is 6.93. The summed E-state index contributed by atoms with van der Waals surface area (Å²) in [4.78, 5) is 4.38. The molecular formula is C17H18N2O. The summed E-state index contributed by atoms with van der Waals surface area (Å²) in [6.45, 7) is 0. The largest absolute Gasteiger partial charge is 0.469 e. The predicted octanol–water partition coefficient (Wildman–Crippen LogP) is 3.33. The summed E-state index contributed by atoms with van der Waals surface area (Å²) in [6, 6.07) is 14.3. The van der Waals surface area contributed by atoms with Crippen LogP contribution in [0.5, 0.6) is 0 Å². The minimum Gasteiger partial charge on any atom is -0.469 e. The molecule has 0 amide bonds. The molecule has 2 heterocycles. The molecule has 0 saturated carbocycles. The number of aromatic nitrogens is 1. The van der Waals surface area contributed by atoms with Crippen molar-refractivity contribution < 1.29 is 4.42 Å². The second kappa shape index (κ2) is 5.88. The van der Waals surface area contributed by atoms with Gasteiger partial charge < -0.3 is 10.2 Å². The van der Waals surface area contributed by atoms with Crippen molar-refractivity contribution in [1.29, 1.82) is 0 Å². The fraction of sp³-hybridized carbons (Fsp3) is 0.235. The van der Waals surface area contributed by atoms with Crippen molar-refractivity contribution in [2.75, 3.05) is 0 Å². The predicted molar refractivity (Wildman–Crippen MR) is 80.5 cm³/mol. The summed E-state index contributed by atoms with van der Waals surface area (Å²) in [5.74, 6) is 1.00. The molecule has 0 aliphatic carbocycles. The first kappa shape index (κ1) is 12.9. The highest BCUT2D eigenvalue weighted by atomic mass is 16.3. The fourth-order valence-corrected chi connectivity index (χ4v) is 2.50. The fourth-order valence-electron chi connectivity index (χ4n) is 2.50. The topological polar surface area (TPSA) is 52.0 Å². The average molecular weight is 266 g/mol. The highest BCUT2D eigenvalue weighted by molar-refractivity contribution is 5.81. The number of benzene rings is 1. The van der Waals surface area contributed by atoms with Gasteiger partial charge in [0, 0.05) is 24.0 Å². The zero-order valence-electron chi connectivity index (χ0n) is 11.3. The molecule has 0 aliphatic heterocycles. The van der Waals surface area contributed by atoms with E-state index in [4.69, 9.17) is 10.2 Å². The third kappa shape index (κ3) is 2.89. The summed E-state index contributed by atoms with van der Waals surface area (Å²) in [7, 11) is 0. The van der Waals surface area contributed by atoms with Crippen molar-refractivity contribution >= 4 is 10.9 Å². The van der Waals surface area contributed by atoms with E-state index in [2.05, 4.69) is 17.1 Å². The number of para-hydroxylation sites is 1. The van der Waals surface area contributed by atoms with Crippen LogP contribution in [-0.4, -0.2) is 11.0 Å². The van der Waals surface area contributed by atoms with Gasteiger partial charge in [-0.1, -0.05) is 18.2 Å². The van der Waals surface area contributed by atoms with E-state index >= 15 is 0 Å². The second-order valence-electron chi connectivity index (χ2n) is 5.07. The van der Waals surface area contributed by atoms with E-state index in [-0.39, 0.29) is 6.04 Å². The maximum absolute atomic E-state index is 6.25. The van der Waals surface area contributed by atoms with E-state index in [9.17, 15) is 0 Å². The summed E-state index contributed by atoms with van der Waals surface area (Å²) >= 11 is 0. The Morgan fingerprint density at radius 3 is 2.85 bits per heavy atom. The molecule has 0 fully saturated rings. The molecule has 20 heavy (non-hydrogen) atoms. The molecule has 2 aromatic heterocycles. The number of rotatable bonds is 5. The molecule has 2 N–H and O–H groups in total. The Morgan fingerprint density at radius 2 is 2.00 bits per heavy atom. The van der Waals surface area contributed by atoms with Crippen LogP contribution < -0.4 is 5.73 Å². The Kier molecular flexibility index (Phi) is 3.79. The zero-order chi connectivity index (χ0) is 13.8. The Labute approximate surface area is 118 Å². The van der Waals surface area contributed by atoms with Gasteiger partial charge in [0.2, 0.25) is 0 Å². The van der Waals surface area contributed by atoms with Crippen molar-refractivity contribution in [3.05, 3.63) is 66.2 Å². The summed E-state index contributed by atoms with van der Waals surface area (Å²) < 4.78 is 5.34. The van der Waals surface area contributed by atoms with Gasteiger partial charge in [-0.2, -0.15) is 0 Å². The number of hydrogen-bond donors (Lipinski definition) is 1. The molecule has 1 unspecified atom stereocenters. The van der Waals surface area contributed by atoms with Crippen molar-refractivity contribution in [2.45, 2.75) is 25.3 Å². The lowest BCUT2D eigenvalue weighted by atomic mass is 9.99. The Hall–Kier alpha value is -2.13. The molecule has 1 aromatic carbocycles. The number of furan rings is 1. The standard InChI is InChI=1S/C17H18N2O/c18-14(7-8-15-4-3-11-20-15)12-13-9-10-19-17-6-2-1-5-16(13)17/h1-6,9-11,14H,7-8,12,18H2. The van der Waals surface area contributed by atoms with Crippen molar-refractivity contribution in [3.63, 3.8) is 0 Å². The zero-order valence-corrected chi connectivity index (χ0v) is 11.3. The van der Waals surface area contributed by atoms with Gasteiger partial charge in [0.15, 0.2) is 0 Å². The van der Waals surface area contributed by atoms with E-state index in [1.807, 2.05) is 36.5 Å². The molecule has 102 valence electrons. The smallest absolute Gasteiger partial charge is 0.103 e. The summed E-state index contributed by atoms with van der Waals surface area (Å²) in [5.41, 5.74) is 8.55. The lowest BCUT2D eigenvalue weighted by Gasteiger charge is -2.12. The Bertz CT molecular complexity index is 671.